The van der Waals surface area contributed by atoms with Crippen molar-refractivity contribution < 1.29 is 19.4 Å². The summed E-state index contributed by atoms with van der Waals surface area (Å²) in [5.41, 5.74) is 0. The summed E-state index contributed by atoms with van der Waals surface area (Å²) < 4.78 is 10.9. The molecule has 204 valence electrons. The molecule has 0 aliphatic rings. The van der Waals surface area contributed by atoms with Crippen molar-refractivity contribution in [2.75, 3.05) is 19.8 Å². The van der Waals surface area contributed by atoms with Crippen molar-refractivity contribution in [3.8, 4) is 0 Å². The van der Waals surface area contributed by atoms with Crippen LogP contribution in [-0.2, 0) is 14.3 Å². The molecule has 0 aromatic rings. The number of rotatable bonds is 26. The predicted octanol–water partition coefficient (Wildman–Crippen LogP) is 8.64. The summed E-state index contributed by atoms with van der Waals surface area (Å²) in [5.74, 6) is -0.216. The second kappa shape index (κ2) is 28.8. The minimum absolute atomic E-state index is 0.176. The monoisotopic (exact) mass is 492 g/mol. The number of hydrogen-bond acceptors (Lipinski definition) is 4. The van der Waals surface area contributed by atoms with Crippen LogP contribution in [0.1, 0.15) is 129 Å². The fraction of sp³-hybridized carbons (Fsp3) is 0.774. The van der Waals surface area contributed by atoms with Crippen molar-refractivity contribution in [1.29, 1.82) is 0 Å². The summed E-state index contributed by atoms with van der Waals surface area (Å²) in [6.45, 7) is 5.16. The van der Waals surface area contributed by atoms with E-state index in [9.17, 15) is 9.90 Å². The Labute approximate surface area is 217 Å². The average molecular weight is 493 g/mol. The number of carbonyl (C=O) groups is 1. The van der Waals surface area contributed by atoms with Crippen LogP contribution in [-0.4, -0.2) is 37.0 Å². The Morgan fingerprint density at radius 2 is 1.29 bits per heavy atom. The van der Waals surface area contributed by atoms with Crippen LogP contribution in [0.2, 0.25) is 0 Å². The van der Waals surface area contributed by atoms with E-state index in [1.54, 1.807) is 0 Å². The summed E-state index contributed by atoms with van der Waals surface area (Å²) in [5, 5.41) is 9.43. The molecule has 0 fully saturated rings. The second-order valence-electron chi connectivity index (χ2n) is 9.44. The molecule has 0 aliphatic carbocycles. The number of aliphatic hydroxyl groups is 1. The fourth-order valence-corrected chi connectivity index (χ4v) is 3.81. The standard InChI is InChI=1S/C31H56O4/c1-3-5-7-9-11-12-13-14-15-16-17-18-19-20-21-22-24-26-31(33)35-30(28-32)29-34-27-25-23-10-8-6-4-2/h5,7,11-12,14-15,30,32H,3-4,6,8-10,13,16-29H2,1-2H3/b7-5-,12-11-,15-14-. The van der Waals surface area contributed by atoms with Crippen LogP contribution in [0.4, 0.5) is 0 Å². The molecule has 1 unspecified atom stereocenters. The van der Waals surface area contributed by atoms with Crippen molar-refractivity contribution in [3.05, 3.63) is 36.5 Å². The van der Waals surface area contributed by atoms with Crippen molar-refractivity contribution in [2.45, 2.75) is 136 Å². The normalized spacial score (nSPS) is 12.9. The van der Waals surface area contributed by atoms with Gasteiger partial charge in [0, 0.05) is 13.0 Å². The lowest BCUT2D eigenvalue weighted by Gasteiger charge is -2.15. The average Bonchev–Trinajstić information content (AvgIpc) is 2.86. The lowest BCUT2D eigenvalue weighted by molar-refractivity contribution is -0.154. The van der Waals surface area contributed by atoms with E-state index in [1.807, 2.05) is 0 Å². The molecule has 0 radical (unpaired) electrons. The molecule has 0 aromatic carbocycles. The van der Waals surface area contributed by atoms with Gasteiger partial charge in [-0.1, -0.05) is 115 Å². The first-order valence-electron chi connectivity index (χ1n) is 14.6. The molecule has 0 bridgehead atoms. The van der Waals surface area contributed by atoms with Crippen LogP contribution in [0, 0.1) is 0 Å². The van der Waals surface area contributed by atoms with Crippen molar-refractivity contribution in [1.82, 2.24) is 0 Å². The molecule has 0 amide bonds. The maximum atomic E-state index is 12.0. The van der Waals surface area contributed by atoms with Crippen LogP contribution in [0.3, 0.4) is 0 Å². The number of hydrogen-bond donors (Lipinski definition) is 1. The molecule has 0 saturated carbocycles. The number of aliphatic hydroxyl groups excluding tert-OH is 1. The zero-order valence-electron chi connectivity index (χ0n) is 23.1. The number of allylic oxidation sites excluding steroid dienone is 6. The topological polar surface area (TPSA) is 55.8 Å². The molecule has 4 heteroatoms. The molecule has 4 nitrogen and oxygen atoms in total. The van der Waals surface area contributed by atoms with Gasteiger partial charge in [0.25, 0.3) is 0 Å². The van der Waals surface area contributed by atoms with E-state index in [1.165, 1.54) is 70.6 Å². The minimum Gasteiger partial charge on any atom is -0.457 e. The van der Waals surface area contributed by atoms with Gasteiger partial charge in [0.1, 0.15) is 6.10 Å². The van der Waals surface area contributed by atoms with Gasteiger partial charge in [0.05, 0.1) is 13.2 Å². The summed E-state index contributed by atoms with van der Waals surface area (Å²) in [6, 6.07) is 0. The summed E-state index contributed by atoms with van der Waals surface area (Å²) in [7, 11) is 0. The van der Waals surface area contributed by atoms with Gasteiger partial charge in [-0.15, -0.1) is 0 Å². The smallest absolute Gasteiger partial charge is 0.306 e. The molecule has 0 saturated heterocycles. The summed E-state index contributed by atoms with van der Waals surface area (Å²) in [4.78, 5) is 12.0. The maximum Gasteiger partial charge on any atom is 0.306 e. The maximum absolute atomic E-state index is 12.0. The Kier molecular flexibility index (Phi) is 27.7. The van der Waals surface area contributed by atoms with Gasteiger partial charge >= 0.3 is 5.97 Å². The van der Waals surface area contributed by atoms with E-state index >= 15 is 0 Å². The number of unbranched alkanes of at least 4 members (excludes halogenated alkanes) is 12. The van der Waals surface area contributed by atoms with Gasteiger partial charge in [0.15, 0.2) is 0 Å². The third kappa shape index (κ3) is 27.0. The molecular formula is C31H56O4. The van der Waals surface area contributed by atoms with Gasteiger partial charge in [-0.3, -0.25) is 4.79 Å². The van der Waals surface area contributed by atoms with E-state index in [0.717, 1.165) is 38.5 Å². The molecule has 0 spiro atoms. The van der Waals surface area contributed by atoms with E-state index in [4.69, 9.17) is 9.47 Å². The quantitative estimate of drug-likeness (QED) is 0.0745. The van der Waals surface area contributed by atoms with Gasteiger partial charge in [-0.05, 0) is 44.9 Å². The minimum atomic E-state index is -0.532. The van der Waals surface area contributed by atoms with Gasteiger partial charge in [0.2, 0.25) is 0 Å². The Morgan fingerprint density at radius 1 is 0.714 bits per heavy atom. The highest BCUT2D eigenvalue weighted by Crippen LogP contribution is 2.11. The van der Waals surface area contributed by atoms with Crippen molar-refractivity contribution in [3.63, 3.8) is 0 Å². The molecule has 1 N–H and O–H groups in total. The SMILES string of the molecule is CC/C=C\C/C=C\C/C=C\CCCCCCCCCC(=O)OC(CO)COCCCCCCCC. The molecule has 35 heavy (non-hydrogen) atoms. The van der Waals surface area contributed by atoms with Crippen molar-refractivity contribution in [2.24, 2.45) is 0 Å². The Morgan fingerprint density at radius 3 is 1.94 bits per heavy atom. The highest BCUT2D eigenvalue weighted by molar-refractivity contribution is 5.69. The molecular weight excluding hydrogens is 436 g/mol. The first-order valence-corrected chi connectivity index (χ1v) is 14.6. The van der Waals surface area contributed by atoms with Crippen LogP contribution >= 0.6 is 0 Å². The molecule has 0 heterocycles. The predicted molar refractivity (Wildman–Crippen MR) is 150 cm³/mol. The van der Waals surface area contributed by atoms with Gasteiger partial charge in [-0.25, -0.2) is 0 Å². The van der Waals surface area contributed by atoms with Crippen LogP contribution < -0.4 is 0 Å². The van der Waals surface area contributed by atoms with Crippen molar-refractivity contribution >= 4 is 5.97 Å². The molecule has 0 rings (SSSR count). The highest BCUT2D eigenvalue weighted by atomic mass is 16.6. The fourth-order valence-electron chi connectivity index (χ4n) is 3.81. The Balaban J connectivity index is 3.49. The van der Waals surface area contributed by atoms with Crippen LogP contribution in [0.25, 0.3) is 0 Å². The first kappa shape index (κ1) is 33.6. The van der Waals surface area contributed by atoms with Crippen LogP contribution in [0.15, 0.2) is 36.5 Å². The molecule has 0 aliphatic heterocycles. The van der Waals surface area contributed by atoms with Gasteiger partial charge in [-0.2, -0.15) is 0 Å². The highest BCUT2D eigenvalue weighted by Gasteiger charge is 2.13. The summed E-state index contributed by atoms with van der Waals surface area (Å²) in [6.07, 6.45) is 33.2. The van der Waals surface area contributed by atoms with E-state index in [2.05, 4.69) is 50.3 Å². The van der Waals surface area contributed by atoms with Crippen LogP contribution in [0.5, 0.6) is 0 Å². The zero-order valence-corrected chi connectivity index (χ0v) is 23.1. The molecule has 1 atom stereocenters. The lowest BCUT2D eigenvalue weighted by Crippen LogP contribution is -2.27. The number of esters is 1. The van der Waals surface area contributed by atoms with Gasteiger partial charge < -0.3 is 14.6 Å². The van der Waals surface area contributed by atoms with E-state index in [-0.39, 0.29) is 12.6 Å². The summed E-state index contributed by atoms with van der Waals surface area (Å²) >= 11 is 0. The Hall–Kier alpha value is -1.39. The lowest BCUT2D eigenvalue weighted by atomic mass is 10.1. The van der Waals surface area contributed by atoms with E-state index in [0.29, 0.717) is 19.6 Å². The zero-order chi connectivity index (χ0) is 25.7. The third-order valence-electron chi connectivity index (χ3n) is 5.98. The molecule has 0 aromatic heterocycles. The number of ether oxygens (including phenoxy) is 2. The third-order valence-corrected chi connectivity index (χ3v) is 5.98. The van der Waals surface area contributed by atoms with E-state index < -0.39 is 6.10 Å². The largest absolute Gasteiger partial charge is 0.457 e. The second-order valence-corrected chi connectivity index (χ2v) is 9.44. The number of carbonyl (C=O) groups excluding carboxylic acids is 1. The Bertz CT molecular complexity index is 524. The first-order chi connectivity index (χ1) is 17.2.